The second-order valence-electron chi connectivity index (χ2n) is 7.41. The number of carbonyl (C=O) groups is 1. The molecule has 0 aliphatic carbocycles. The van der Waals surface area contributed by atoms with Gasteiger partial charge >= 0.3 is 0 Å². The zero-order valence-electron chi connectivity index (χ0n) is 16.3. The van der Waals surface area contributed by atoms with Gasteiger partial charge < -0.3 is 20.1 Å². The van der Waals surface area contributed by atoms with E-state index >= 15 is 0 Å². The van der Waals surface area contributed by atoms with Crippen LogP contribution < -0.4 is 10.1 Å². The molecule has 7 heteroatoms. The first-order valence-electron chi connectivity index (χ1n) is 9.96. The van der Waals surface area contributed by atoms with Crippen LogP contribution in [0.15, 0.2) is 24.3 Å². The van der Waals surface area contributed by atoms with Crippen molar-refractivity contribution in [1.82, 2.24) is 20.0 Å². The first-order chi connectivity index (χ1) is 13.1. The molecule has 1 aromatic rings. The molecule has 3 rings (SSSR count). The Labute approximate surface area is 161 Å². The van der Waals surface area contributed by atoms with Crippen LogP contribution in [-0.4, -0.2) is 97.3 Å². The summed E-state index contributed by atoms with van der Waals surface area (Å²) in [5.41, 5.74) is 1.12. The molecule has 2 saturated heterocycles. The van der Waals surface area contributed by atoms with Crippen LogP contribution in [0.5, 0.6) is 5.75 Å². The third-order valence-electron chi connectivity index (χ3n) is 5.25. The van der Waals surface area contributed by atoms with Gasteiger partial charge in [0.1, 0.15) is 18.5 Å². The average molecular weight is 377 g/mol. The molecule has 150 valence electrons. The molecule has 1 atom stereocenters. The highest BCUT2D eigenvalue weighted by atomic mass is 16.5. The Hall–Kier alpha value is -1.67. The van der Waals surface area contributed by atoms with Gasteiger partial charge in [-0.3, -0.25) is 14.6 Å². The van der Waals surface area contributed by atoms with Crippen molar-refractivity contribution in [2.45, 2.75) is 19.6 Å². The summed E-state index contributed by atoms with van der Waals surface area (Å²) in [4.78, 5) is 18.4. The third kappa shape index (κ3) is 6.46. The van der Waals surface area contributed by atoms with Gasteiger partial charge in [-0.1, -0.05) is 19.1 Å². The van der Waals surface area contributed by atoms with Gasteiger partial charge in [0.15, 0.2) is 0 Å². The lowest BCUT2D eigenvalue weighted by Gasteiger charge is -2.34. The van der Waals surface area contributed by atoms with E-state index in [0.29, 0.717) is 26.2 Å². The number of aliphatic hydroxyl groups excluding tert-OH is 1. The van der Waals surface area contributed by atoms with E-state index in [1.54, 1.807) is 0 Å². The number of rotatable bonds is 8. The second-order valence-corrected chi connectivity index (χ2v) is 7.41. The van der Waals surface area contributed by atoms with Crippen LogP contribution in [0.2, 0.25) is 0 Å². The first-order valence-corrected chi connectivity index (χ1v) is 9.96. The Balaban J connectivity index is 1.42. The molecule has 0 spiro atoms. The molecule has 0 aromatic heterocycles. The number of benzene rings is 1. The lowest BCUT2D eigenvalue weighted by molar-refractivity contribution is -0.124. The smallest absolute Gasteiger partial charge is 0.234 e. The fourth-order valence-corrected chi connectivity index (χ4v) is 3.65. The molecule has 0 saturated carbocycles. The molecular formula is C20H32N4O3. The average Bonchev–Trinajstić information content (AvgIpc) is 2.67. The molecule has 27 heavy (non-hydrogen) atoms. The SMILES string of the molecule is CCN1CCN(CC(O)COc2cccc(CN3CCNC(=O)C3)c2)CC1. The van der Waals surface area contributed by atoms with Crippen molar-refractivity contribution in [2.24, 2.45) is 0 Å². The highest BCUT2D eigenvalue weighted by Crippen LogP contribution is 2.16. The van der Waals surface area contributed by atoms with Crippen LogP contribution in [0.25, 0.3) is 0 Å². The van der Waals surface area contributed by atoms with Crippen molar-refractivity contribution in [1.29, 1.82) is 0 Å². The Bertz CT molecular complexity index is 605. The largest absolute Gasteiger partial charge is 0.491 e. The third-order valence-corrected chi connectivity index (χ3v) is 5.25. The summed E-state index contributed by atoms with van der Waals surface area (Å²) in [5.74, 6) is 0.848. The van der Waals surface area contributed by atoms with Gasteiger partial charge in [0, 0.05) is 52.4 Å². The summed E-state index contributed by atoms with van der Waals surface area (Å²) in [6, 6.07) is 7.92. The fourth-order valence-electron chi connectivity index (χ4n) is 3.65. The van der Waals surface area contributed by atoms with Crippen LogP contribution in [-0.2, 0) is 11.3 Å². The number of nitrogens with zero attached hydrogens (tertiary/aromatic N) is 3. The van der Waals surface area contributed by atoms with Crippen LogP contribution in [0.4, 0.5) is 0 Å². The molecular weight excluding hydrogens is 344 g/mol. The van der Waals surface area contributed by atoms with E-state index in [9.17, 15) is 9.90 Å². The lowest BCUT2D eigenvalue weighted by Crippen LogP contribution is -2.49. The Morgan fingerprint density at radius 1 is 1.15 bits per heavy atom. The molecule has 7 nitrogen and oxygen atoms in total. The van der Waals surface area contributed by atoms with Gasteiger partial charge in [-0.15, -0.1) is 0 Å². The first kappa shape index (κ1) is 20.1. The quantitative estimate of drug-likeness (QED) is 0.666. The van der Waals surface area contributed by atoms with Gasteiger partial charge in [0.05, 0.1) is 6.54 Å². The summed E-state index contributed by atoms with van der Waals surface area (Å²) >= 11 is 0. The predicted octanol–water partition coefficient (Wildman–Crippen LogP) is -0.00440. The maximum Gasteiger partial charge on any atom is 0.234 e. The number of hydrogen-bond acceptors (Lipinski definition) is 6. The van der Waals surface area contributed by atoms with Crippen molar-refractivity contribution in [2.75, 3.05) is 65.5 Å². The molecule has 0 radical (unpaired) electrons. The molecule has 0 bridgehead atoms. The van der Waals surface area contributed by atoms with Gasteiger partial charge in [-0.05, 0) is 24.2 Å². The van der Waals surface area contributed by atoms with Crippen molar-refractivity contribution in [3.63, 3.8) is 0 Å². The summed E-state index contributed by atoms with van der Waals surface area (Å²) in [6.07, 6.45) is -0.493. The topological polar surface area (TPSA) is 68.3 Å². The Morgan fingerprint density at radius 3 is 2.67 bits per heavy atom. The number of carbonyl (C=O) groups excluding carboxylic acids is 1. The van der Waals surface area contributed by atoms with Crippen LogP contribution >= 0.6 is 0 Å². The normalized spacial score (nSPS) is 21.0. The predicted molar refractivity (Wildman–Crippen MR) is 105 cm³/mol. The van der Waals surface area contributed by atoms with E-state index in [2.05, 4.69) is 26.9 Å². The Kier molecular flexibility index (Phi) is 7.46. The van der Waals surface area contributed by atoms with Crippen molar-refractivity contribution in [3.8, 4) is 5.75 Å². The van der Waals surface area contributed by atoms with Gasteiger partial charge in [-0.25, -0.2) is 0 Å². The highest BCUT2D eigenvalue weighted by molar-refractivity contribution is 5.78. The molecule has 2 aliphatic rings. The molecule has 2 aliphatic heterocycles. The highest BCUT2D eigenvalue weighted by Gasteiger charge is 2.19. The summed E-state index contributed by atoms with van der Waals surface area (Å²) in [6.45, 7) is 11.1. The Morgan fingerprint density at radius 2 is 1.93 bits per heavy atom. The van der Waals surface area contributed by atoms with Gasteiger partial charge in [-0.2, -0.15) is 0 Å². The number of ether oxygens (including phenoxy) is 1. The van der Waals surface area contributed by atoms with Crippen LogP contribution in [0.1, 0.15) is 12.5 Å². The second kappa shape index (κ2) is 10.0. The van der Waals surface area contributed by atoms with Crippen molar-refractivity contribution >= 4 is 5.91 Å². The van der Waals surface area contributed by atoms with Crippen molar-refractivity contribution < 1.29 is 14.6 Å². The minimum atomic E-state index is -0.493. The lowest BCUT2D eigenvalue weighted by atomic mass is 10.2. The molecule has 2 heterocycles. The van der Waals surface area contributed by atoms with Crippen LogP contribution in [0, 0.1) is 0 Å². The van der Waals surface area contributed by atoms with E-state index in [4.69, 9.17) is 4.74 Å². The zero-order valence-corrected chi connectivity index (χ0v) is 16.3. The van der Waals surface area contributed by atoms with Gasteiger partial charge in [0.25, 0.3) is 0 Å². The number of hydrogen-bond donors (Lipinski definition) is 2. The number of likely N-dealkylation sites (N-methyl/N-ethyl adjacent to an activating group) is 1. The van der Waals surface area contributed by atoms with E-state index in [1.807, 2.05) is 24.3 Å². The monoisotopic (exact) mass is 376 g/mol. The molecule has 1 aromatic carbocycles. The zero-order chi connectivity index (χ0) is 19.1. The van der Waals surface area contributed by atoms with Crippen LogP contribution in [0.3, 0.4) is 0 Å². The number of piperazine rings is 2. The molecule has 2 fully saturated rings. The standard InChI is InChI=1S/C20H32N4O3/c1-2-22-8-10-23(11-9-22)14-18(25)16-27-19-5-3-4-17(12-19)13-24-7-6-21-20(26)15-24/h3-5,12,18,25H,2,6-11,13-16H2,1H3,(H,21,26). The number of β-amino-alcohol motifs (C(OH)–C–C–N with tert-alkyl or cyclic N) is 1. The van der Waals surface area contributed by atoms with E-state index in [0.717, 1.165) is 57.1 Å². The molecule has 1 unspecified atom stereocenters. The summed E-state index contributed by atoms with van der Waals surface area (Å²) in [7, 11) is 0. The maximum absolute atomic E-state index is 11.5. The summed E-state index contributed by atoms with van der Waals surface area (Å²) < 4.78 is 5.82. The summed E-state index contributed by atoms with van der Waals surface area (Å²) in [5, 5.41) is 13.2. The number of amides is 1. The number of aliphatic hydroxyl groups is 1. The van der Waals surface area contributed by atoms with Gasteiger partial charge in [0.2, 0.25) is 5.91 Å². The molecule has 2 N–H and O–H groups in total. The molecule has 1 amide bonds. The van der Waals surface area contributed by atoms with E-state index in [1.165, 1.54) is 0 Å². The van der Waals surface area contributed by atoms with Crippen molar-refractivity contribution in [3.05, 3.63) is 29.8 Å². The fraction of sp³-hybridized carbons (Fsp3) is 0.650. The number of nitrogens with one attached hydrogen (secondary N) is 1. The van der Waals surface area contributed by atoms with E-state index in [-0.39, 0.29) is 5.91 Å². The maximum atomic E-state index is 11.5. The minimum absolute atomic E-state index is 0.0801. The minimum Gasteiger partial charge on any atom is -0.491 e. The van der Waals surface area contributed by atoms with E-state index < -0.39 is 6.10 Å².